The van der Waals surface area contributed by atoms with E-state index in [2.05, 4.69) is 190 Å². The molecule has 1 fully saturated rings. The minimum Gasteiger partial charge on any atom is -0.0679 e. The van der Waals surface area contributed by atoms with Gasteiger partial charge in [-0.1, -0.05) is 213 Å². The second-order valence-corrected chi connectivity index (χ2v) is 25.5. The Morgan fingerprint density at radius 1 is 0.554 bits per heavy atom. The van der Waals surface area contributed by atoms with E-state index < -0.39 is 8.07 Å². The first-order chi connectivity index (χ1) is 26.5. The summed E-state index contributed by atoms with van der Waals surface area (Å²) < 4.78 is 0. The lowest BCUT2D eigenvalue weighted by Crippen LogP contribution is -2.43. The maximum absolute atomic E-state index is 2.73. The number of hydrogen-bond acceptors (Lipinski definition) is 0. The van der Waals surface area contributed by atoms with Crippen LogP contribution in [0.15, 0.2) is 120 Å². The maximum Gasteiger partial charge on any atom is 0.0722 e. The van der Waals surface area contributed by atoms with Crippen molar-refractivity contribution >= 4 is 20.2 Å². The molecule has 5 aromatic rings. The molecule has 0 amide bonds. The fourth-order valence-corrected chi connectivity index (χ4v) is 15.8. The van der Waals surface area contributed by atoms with Gasteiger partial charge < -0.3 is 0 Å². The van der Waals surface area contributed by atoms with Crippen LogP contribution in [-0.2, 0) is 10.8 Å². The third-order valence-electron chi connectivity index (χ3n) is 13.9. The van der Waals surface area contributed by atoms with Gasteiger partial charge in [0.25, 0.3) is 0 Å². The lowest BCUT2D eigenvalue weighted by molar-refractivity contribution is 0.213. The van der Waals surface area contributed by atoms with Gasteiger partial charge in [0.2, 0.25) is 0 Å². The summed E-state index contributed by atoms with van der Waals surface area (Å²) in [6.45, 7) is 24.7. The molecule has 5 aromatic carbocycles. The molecule has 8 rings (SSSR count). The summed E-state index contributed by atoms with van der Waals surface area (Å²) in [4.78, 5) is 0. The van der Waals surface area contributed by atoms with Gasteiger partial charge in [-0.2, -0.15) is 0 Å². The molecule has 0 saturated heterocycles. The van der Waals surface area contributed by atoms with E-state index in [1.54, 1.807) is 22.3 Å². The molecule has 1 saturated carbocycles. The Hall–Kier alpha value is -4.20. The smallest absolute Gasteiger partial charge is 0.0679 e. The van der Waals surface area contributed by atoms with Crippen LogP contribution in [0, 0.1) is 5.41 Å². The molecule has 3 aliphatic carbocycles. The predicted molar refractivity (Wildman–Crippen MR) is 247 cm³/mol. The van der Waals surface area contributed by atoms with Crippen LogP contribution >= 0.6 is 0 Å². The third kappa shape index (κ3) is 7.04. The molecule has 0 heterocycles. The van der Waals surface area contributed by atoms with E-state index in [0.717, 1.165) is 0 Å². The van der Waals surface area contributed by atoms with Gasteiger partial charge in [-0.3, -0.25) is 0 Å². The molecule has 56 heavy (non-hydrogen) atoms. The molecule has 2 atom stereocenters. The Kier molecular flexibility index (Phi) is 9.88. The number of rotatable bonds is 7. The van der Waals surface area contributed by atoms with Crippen molar-refractivity contribution in [2.45, 2.75) is 129 Å². The summed E-state index contributed by atoms with van der Waals surface area (Å²) in [5, 5.41) is 0. The molecule has 0 aromatic heterocycles. The minimum absolute atomic E-state index is 0.0716. The van der Waals surface area contributed by atoms with E-state index in [1.807, 2.05) is 0 Å². The second kappa shape index (κ2) is 14.3. The predicted octanol–water partition coefficient (Wildman–Crippen LogP) is 16.1. The highest BCUT2D eigenvalue weighted by Gasteiger charge is 2.49. The zero-order chi connectivity index (χ0) is 39.6. The summed E-state index contributed by atoms with van der Waals surface area (Å²) in [6, 6.07) is 41.9. The van der Waals surface area contributed by atoms with Crippen molar-refractivity contribution in [3.63, 3.8) is 0 Å². The van der Waals surface area contributed by atoms with E-state index in [0.29, 0.717) is 16.5 Å². The standard InChI is InChI=1S/C55H64Si/c1-37-31-49-46(45-24-16-15-23-43(45)38-21-13-11-14-22-38)26-20-27-47(49)51(37)56(9,10)52-40(36-55(8)29-17-12-18-30-55)34-50-44(25-19-28-48(50)52)39-32-41(53(2,3)4)35-42(33-39)54(5,6)7/h11,13-16,19-28,31-35,51-52H,12,17-18,29-30,36H2,1-10H3. The van der Waals surface area contributed by atoms with Crippen LogP contribution in [0.3, 0.4) is 0 Å². The van der Waals surface area contributed by atoms with Crippen molar-refractivity contribution in [1.29, 1.82) is 0 Å². The van der Waals surface area contributed by atoms with Crippen molar-refractivity contribution in [1.82, 2.24) is 0 Å². The van der Waals surface area contributed by atoms with Crippen molar-refractivity contribution < 1.29 is 0 Å². The molecule has 0 bridgehead atoms. The first-order valence-electron chi connectivity index (χ1n) is 21.5. The van der Waals surface area contributed by atoms with Crippen LogP contribution in [0.25, 0.3) is 45.5 Å². The fourth-order valence-electron chi connectivity index (χ4n) is 11.0. The molecule has 0 spiro atoms. The Morgan fingerprint density at radius 3 is 1.71 bits per heavy atom. The average Bonchev–Trinajstić information content (AvgIpc) is 3.71. The zero-order valence-electron chi connectivity index (χ0n) is 35.9. The van der Waals surface area contributed by atoms with Crippen LogP contribution in [0.5, 0.6) is 0 Å². The van der Waals surface area contributed by atoms with Crippen molar-refractivity contribution in [3.8, 4) is 33.4 Å². The molecule has 0 N–H and O–H groups in total. The van der Waals surface area contributed by atoms with Crippen LogP contribution < -0.4 is 0 Å². The van der Waals surface area contributed by atoms with Gasteiger partial charge >= 0.3 is 0 Å². The number of benzene rings is 5. The summed E-state index contributed by atoms with van der Waals surface area (Å²) in [6.07, 6.45) is 13.3. The molecular formula is C55H64Si. The normalized spacial score (nSPS) is 19.3. The molecule has 3 aliphatic rings. The molecule has 2 unspecified atom stereocenters. The van der Waals surface area contributed by atoms with Gasteiger partial charge in [-0.25, -0.2) is 0 Å². The van der Waals surface area contributed by atoms with E-state index in [9.17, 15) is 0 Å². The highest BCUT2D eigenvalue weighted by molar-refractivity contribution is 6.81. The van der Waals surface area contributed by atoms with E-state index >= 15 is 0 Å². The zero-order valence-corrected chi connectivity index (χ0v) is 36.9. The van der Waals surface area contributed by atoms with Gasteiger partial charge in [0.1, 0.15) is 0 Å². The summed E-state index contributed by atoms with van der Waals surface area (Å²) in [5.74, 6) is 0. The van der Waals surface area contributed by atoms with Gasteiger partial charge in [-0.05, 0) is 109 Å². The monoisotopic (exact) mass is 752 g/mol. The first-order valence-corrected chi connectivity index (χ1v) is 24.7. The second-order valence-electron chi connectivity index (χ2n) is 20.7. The largest absolute Gasteiger partial charge is 0.0722 e. The van der Waals surface area contributed by atoms with Crippen molar-refractivity contribution in [3.05, 3.63) is 154 Å². The first kappa shape index (κ1) is 38.7. The molecule has 0 aliphatic heterocycles. The Morgan fingerprint density at radius 2 is 1.09 bits per heavy atom. The minimum atomic E-state index is -2.13. The maximum atomic E-state index is 2.73. The Labute approximate surface area is 340 Å². The van der Waals surface area contributed by atoms with Gasteiger partial charge in [0.15, 0.2) is 0 Å². The highest BCUT2D eigenvalue weighted by Crippen LogP contribution is 2.57. The van der Waals surface area contributed by atoms with E-state index in [-0.39, 0.29) is 10.8 Å². The number of hydrogen-bond donors (Lipinski definition) is 0. The SMILES string of the molecule is CC1=Cc2c(-c3ccccc3-c3ccccc3)cccc2C1[Si](C)(C)C1C(CC2(C)CCCCC2)=Cc2c(-c3cc(C(C)(C)C)cc(C(C)(C)C)c3)cccc21. The summed E-state index contributed by atoms with van der Waals surface area (Å²) in [7, 11) is -2.13. The lowest BCUT2D eigenvalue weighted by Gasteiger charge is -2.42. The molecule has 0 radical (unpaired) electrons. The number of allylic oxidation sites excluding steroid dienone is 2. The van der Waals surface area contributed by atoms with Crippen molar-refractivity contribution in [2.75, 3.05) is 0 Å². The summed E-state index contributed by atoms with van der Waals surface area (Å²) in [5.41, 5.74) is 21.6. The fraction of sp³-hybridized carbons (Fsp3) is 0.382. The topological polar surface area (TPSA) is 0 Å². The van der Waals surface area contributed by atoms with Crippen LogP contribution in [-0.4, -0.2) is 8.07 Å². The van der Waals surface area contributed by atoms with E-state index in [4.69, 9.17) is 0 Å². The van der Waals surface area contributed by atoms with Gasteiger partial charge in [-0.15, -0.1) is 0 Å². The Balaban J connectivity index is 1.27. The van der Waals surface area contributed by atoms with E-state index in [1.165, 1.54) is 94.2 Å². The molecule has 1 heteroatoms. The lowest BCUT2D eigenvalue weighted by atomic mass is 9.71. The number of fused-ring (bicyclic) bond motifs is 2. The molecule has 288 valence electrons. The quantitative estimate of drug-likeness (QED) is 0.145. The van der Waals surface area contributed by atoms with Gasteiger partial charge in [0, 0.05) is 11.1 Å². The third-order valence-corrected chi connectivity index (χ3v) is 18.3. The van der Waals surface area contributed by atoms with Gasteiger partial charge in [0.05, 0.1) is 8.07 Å². The van der Waals surface area contributed by atoms with Crippen LogP contribution in [0.4, 0.5) is 0 Å². The summed E-state index contributed by atoms with van der Waals surface area (Å²) >= 11 is 0. The van der Waals surface area contributed by atoms with Crippen LogP contribution in [0.2, 0.25) is 13.1 Å². The highest BCUT2D eigenvalue weighted by atomic mass is 28.3. The molecule has 0 nitrogen and oxygen atoms in total. The Bertz CT molecular complexity index is 2300. The molecular weight excluding hydrogens is 689 g/mol. The average molecular weight is 753 g/mol. The van der Waals surface area contributed by atoms with Crippen LogP contribution in [0.1, 0.15) is 138 Å². The van der Waals surface area contributed by atoms with Crippen molar-refractivity contribution in [2.24, 2.45) is 5.41 Å².